The molecule has 1 aromatic rings. The number of nitrogens with one attached hydrogen (secondary N) is 1. The van der Waals surface area contributed by atoms with Gasteiger partial charge in [-0.1, -0.05) is 25.1 Å². The summed E-state index contributed by atoms with van der Waals surface area (Å²) in [6.45, 7) is 9.55. The molecule has 96 valence electrons. The number of aromatic nitrogens is 3. The summed E-state index contributed by atoms with van der Waals surface area (Å²) >= 11 is 0. The summed E-state index contributed by atoms with van der Waals surface area (Å²) in [4.78, 5) is 0. The van der Waals surface area contributed by atoms with E-state index in [2.05, 4.69) is 42.5 Å². The second-order valence-electron chi connectivity index (χ2n) is 4.27. The zero-order valence-corrected chi connectivity index (χ0v) is 11.2. The zero-order valence-electron chi connectivity index (χ0n) is 11.2. The van der Waals surface area contributed by atoms with Crippen LogP contribution in [0.25, 0.3) is 5.57 Å². The first-order valence-corrected chi connectivity index (χ1v) is 6.55. The van der Waals surface area contributed by atoms with Crippen LogP contribution in [0.5, 0.6) is 0 Å². The van der Waals surface area contributed by atoms with Gasteiger partial charge in [0.15, 0.2) is 0 Å². The third-order valence-electron chi connectivity index (χ3n) is 2.66. The first-order chi connectivity index (χ1) is 8.29. The summed E-state index contributed by atoms with van der Waals surface area (Å²) in [7, 11) is 0. The summed E-state index contributed by atoms with van der Waals surface area (Å²) in [5.41, 5.74) is 2.41. The Morgan fingerprint density at radius 1 is 1.35 bits per heavy atom. The number of nitrogens with zero attached hydrogens (tertiary/aromatic N) is 3. The molecule has 0 aliphatic rings. The quantitative estimate of drug-likeness (QED) is 0.705. The van der Waals surface area contributed by atoms with Crippen LogP contribution >= 0.6 is 0 Å². The molecule has 0 aromatic carbocycles. The van der Waals surface area contributed by atoms with Crippen molar-refractivity contribution >= 4 is 5.57 Å². The monoisotopic (exact) mass is 236 g/mol. The summed E-state index contributed by atoms with van der Waals surface area (Å²) in [6.07, 6.45) is 7.44. The van der Waals surface area contributed by atoms with Crippen molar-refractivity contribution in [1.29, 1.82) is 0 Å². The highest BCUT2D eigenvalue weighted by Gasteiger charge is 2.03. The van der Waals surface area contributed by atoms with E-state index in [0.29, 0.717) is 0 Å². The number of rotatable bonds is 8. The van der Waals surface area contributed by atoms with Crippen molar-refractivity contribution in [1.82, 2.24) is 20.3 Å². The SMILES string of the molecule is CCCNCC/C=C(/C)c1cnnn1CCC. The highest BCUT2D eigenvalue weighted by atomic mass is 15.4. The van der Waals surface area contributed by atoms with Crippen molar-refractivity contribution in [3.63, 3.8) is 0 Å². The van der Waals surface area contributed by atoms with Crippen molar-refractivity contribution in [2.75, 3.05) is 13.1 Å². The molecule has 0 saturated heterocycles. The highest BCUT2D eigenvalue weighted by molar-refractivity contribution is 5.59. The van der Waals surface area contributed by atoms with Gasteiger partial charge in [0.2, 0.25) is 0 Å². The van der Waals surface area contributed by atoms with E-state index in [0.717, 1.165) is 38.2 Å². The van der Waals surface area contributed by atoms with Crippen molar-refractivity contribution in [2.45, 2.75) is 46.6 Å². The van der Waals surface area contributed by atoms with Crippen LogP contribution in [0, 0.1) is 0 Å². The number of allylic oxidation sites excluding steroid dienone is 1. The van der Waals surface area contributed by atoms with E-state index in [1.807, 2.05) is 10.9 Å². The van der Waals surface area contributed by atoms with Crippen molar-refractivity contribution in [2.24, 2.45) is 0 Å². The molecule has 0 atom stereocenters. The Labute approximate surface area is 104 Å². The minimum atomic E-state index is 0.939. The van der Waals surface area contributed by atoms with Crippen LogP contribution in [0.2, 0.25) is 0 Å². The van der Waals surface area contributed by atoms with Gasteiger partial charge in [-0.3, -0.25) is 0 Å². The molecule has 1 N–H and O–H groups in total. The lowest BCUT2D eigenvalue weighted by atomic mass is 10.2. The minimum absolute atomic E-state index is 0.939. The Morgan fingerprint density at radius 2 is 2.18 bits per heavy atom. The van der Waals surface area contributed by atoms with E-state index in [1.165, 1.54) is 12.0 Å². The van der Waals surface area contributed by atoms with Gasteiger partial charge < -0.3 is 5.32 Å². The zero-order chi connectivity index (χ0) is 12.5. The summed E-state index contributed by atoms with van der Waals surface area (Å²) < 4.78 is 1.98. The van der Waals surface area contributed by atoms with Gasteiger partial charge in [-0.25, -0.2) is 4.68 Å². The van der Waals surface area contributed by atoms with Gasteiger partial charge in [-0.15, -0.1) is 5.10 Å². The fourth-order valence-electron chi connectivity index (χ4n) is 1.74. The highest BCUT2D eigenvalue weighted by Crippen LogP contribution is 2.12. The Balaban J connectivity index is 2.47. The van der Waals surface area contributed by atoms with E-state index in [4.69, 9.17) is 0 Å². The van der Waals surface area contributed by atoms with Crippen LogP contribution in [0.1, 0.15) is 45.7 Å². The van der Waals surface area contributed by atoms with E-state index >= 15 is 0 Å². The molecule has 0 saturated carbocycles. The number of aryl methyl sites for hydroxylation is 1. The Bertz CT molecular complexity index is 341. The summed E-state index contributed by atoms with van der Waals surface area (Å²) in [6, 6.07) is 0. The van der Waals surface area contributed by atoms with Gasteiger partial charge in [0.05, 0.1) is 11.9 Å². The normalized spacial score (nSPS) is 12.1. The second kappa shape index (κ2) is 8.01. The first kappa shape index (κ1) is 13.9. The van der Waals surface area contributed by atoms with E-state index < -0.39 is 0 Å². The average Bonchev–Trinajstić information content (AvgIpc) is 2.77. The summed E-state index contributed by atoms with van der Waals surface area (Å²) in [5.74, 6) is 0. The largest absolute Gasteiger partial charge is 0.316 e. The molecule has 0 unspecified atom stereocenters. The molecule has 1 aromatic heterocycles. The molecule has 4 nitrogen and oxygen atoms in total. The van der Waals surface area contributed by atoms with Gasteiger partial charge >= 0.3 is 0 Å². The van der Waals surface area contributed by atoms with Crippen LogP contribution in [0.3, 0.4) is 0 Å². The third kappa shape index (κ3) is 4.69. The fraction of sp³-hybridized carbons (Fsp3) is 0.692. The fourth-order valence-corrected chi connectivity index (χ4v) is 1.74. The first-order valence-electron chi connectivity index (χ1n) is 6.55. The maximum atomic E-state index is 4.09. The van der Waals surface area contributed by atoms with Crippen LogP contribution in [-0.4, -0.2) is 28.1 Å². The molecule has 0 radical (unpaired) electrons. The molecule has 1 rings (SSSR count). The topological polar surface area (TPSA) is 42.7 Å². The van der Waals surface area contributed by atoms with Gasteiger partial charge in [0.25, 0.3) is 0 Å². The van der Waals surface area contributed by atoms with Crippen molar-refractivity contribution in [3.8, 4) is 0 Å². The van der Waals surface area contributed by atoms with Gasteiger partial charge in [-0.2, -0.15) is 0 Å². The molecule has 4 heteroatoms. The molecule has 0 amide bonds. The number of hydrogen-bond acceptors (Lipinski definition) is 3. The molecular weight excluding hydrogens is 212 g/mol. The van der Waals surface area contributed by atoms with E-state index in [-0.39, 0.29) is 0 Å². The molecular formula is C13H24N4. The Morgan fingerprint density at radius 3 is 2.88 bits per heavy atom. The predicted octanol–water partition coefficient (Wildman–Crippen LogP) is 2.48. The Kier molecular flexibility index (Phi) is 6.55. The van der Waals surface area contributed by atoms with Crippen LogP contribution in [0.15, 0.2) is 12.3 Å². The Hall–Kier alpha value is -1.16. The number of hydrogen-bond donors (Lipinski definition) is 1. The standard InChI is InChI=1S/C13H24N4/c1-4-8-14-9-6-7-12(3)13-11-15-16-17(13)10-5-2/h7,11,14H,4-6,8-10H2,1-3H3/b12-7-. The maximum Gasteiger partial charge on any atom is 0.0839 e. The van der Waals surface area contributed by atoms with Gasteiger partial charge in [0.1, 0.15) is 0 Å². The van der Waals surface area contributed by atoms with Crippen molar-refractivity contribution in [3.05, 3.63) is 18.0 Å². The second-order valence-corrected chi connectivity index (χ2v) is 4.27. The molecule has 0 spiro atoms. The van der Waals surface area contributed by atoms with E-state index in [1.54, 1.807) is 0 Å². The molecule has 0 aliphatic heterocycles. The molecule has 1 heterocycles. The lowest BCUT2D eigenvalue weighted by molar-refractivity contribution is 0.573. The van der Waals surface area contributed by atoms with Crippen LogP contribution in [-0.2, 0) is 6.54 Å². The summed E-state index contributed by atoms with van der Waals surface area (Å²) in [5, 5.41) is 11.5. The lowest BCUT2D eigenvalue weighted by Gasteiger charge is -2.05. The predicted molar refractivity (Wildman–Crippen MR) is 71.7 cm³/mol. The molecule has 0 bridgehead atoms. The minimum Gasteiger partial charge on any atom is -0.316 e. The van der Waals surface area contributed by atoms with Crippen LogP contribution in [0.4, 0.5) is 0 Å². The van der Waals surface area contributed by atoms with Gasteiger partial charge in [0, 0.05) is 6.54 Å². The molecule has 0 aliphatic carbocycles. The third-order valence-corrected chi connectivity index (χ3v) is 2.66. The van der Waals surface area contributed by atoms with Crippen molar-refractivity contribution < 1.29 is 0 Å². The van der Waals surface area contributed by atoms with E-state index in [9.17, 15) is 0 Å². The molecule has 17 heavy (non-hydrogen) atoms. The molecule has 0 fully saturated rings. The van der Waals surface area contributed by atoms with Gasteiger partial charge in [-0.05, 0) is 44.8 Å². The maximum absolute atomic E-state index is 4.09. The van der Waals surface area contributed by atoms with Crippen LogP contribution < -0.4 is 5.32 Å². The average molecular weight is 236 g/mol. The smallest absolute Gasteiger partial charge is 0.0839 e. The lowest BCUT2D eigenvalue weighted by Crippen LogP contribution is -2.15.